The maximum Gasteiger partial charge on any atom is 0.255 e. The van der Waals surface area contributed by atoms with Crippen LogP contribution in [0.5, 0.6) is 5.75 Å². The molecule has 0 aliphatic heterocycles. The van der Waals surface area contributed by atoms with E-state index in [4.69, 9.17) is 9.15 Å². The predicted octanol–water partition coefficient (Wildman–Crippen LogP) is 2.71. The number of amides is 1. The second kappa shape index (κ2) is 7.66. The van der Waals surface area contributed by atoms with Gasteiger partial charge in [0.25, 0.3) is 5.91 Å². The highest BCUT2D eigenvalue weighted by atomic mass is 16.5. The molecule has 0 saturated heterocycles. The third kappa shape index (κ3) is 3.89. The van der Waals surface area contributed by atoms with Crippen LogP contribution in [0.25, 0.3) is 0 Å². The first-order valence-corrected chi connectivity index (χ1v) is 7.33. The monoisotopic (exact) mass is 302 g/mol. The van der Waals surface area contributed by atoms with E-state index in [2.05, 4.69) is 5.32 Å². The van der Waals surface area contributed by atoms with E-state index in [0.717, 1.165) is 5.76 Å². The van der Waals surface area contributed by atoms with Crippen molar-refractivity contribution in [2.24, 2.45) is 0 Å². The van der Waals surface area contributed by atoms with Gasteiger partial charge in [-0.05, 0) is 45.3 Å². The molecule has 5 nitrogen and oxygen atoms in total. The molecule has 1 heterocycles. The van der Waals surface area contributed by atoms with E-state index in [9.17, 15) is 4.79 Å². The molecule has 1 N–H and O–H groups in total. The van der Waals surface area contributed by atoms with Gasteiger partial charge in [0.1, 0.15) is 11.5 Å². The largest absolute Gasteiger partial charge is 0.493 e. The number of likely N-dealkylation sites (N-methyl/N-ethyl adjacent to an activating group) is 1. The highest BCUT2D eigenvalue weighted by molar-refractivity contribution is 5.96. The van der Waals surface area contributed by atoms with Crippen LogP contribution in [0.1, 0.15) is 29.1 Å². The number of nitrogens with one attached hydrogen (secondary N) is 1. The van der Waals surface area contributed by atoms with Crippen LogP contribution in [0.3, 0.4) is 0 Å². The number of carbonyl (C=O) groups is 1. The van der Waals surface area contributed by atoms with Crippen LogP contribution in [0, 0.1) is 0 Å². The molecule has 2 rings (SSSR count). The lowest BCUT2D eigenvalue weighted by Gasteiger charge is -2.22. The quantitative estimate of drug-likeness (QED) is 0.854. The molecule has 118 valence electrons. The second-order valence-corrected chi connectivity index (χ2v) is 5.13. The van der Waals surface area contributed by atoms with Gasteiger partial charge in [0, 0.05) is 6.54 Å². The Morgan fingerprint density at radius 3 is 2.68 bits per heavy atom. The summed E-state index contributed by atoms with van der Waals surface area (Å²) in [4.78, 5) is 14.4. The number of benzene rings is 1. The summed E-state index contributed by atoms with van der Waals surface area (Å²) in [6, 6.07) is 11.0. The molecule has 1 aromatic carbocycles. The van der Waals surface area contributed by atoms with Crippen molar-refractivity contribution in [3.63, 3.8) is 0 Å². The molecule has 5 heteroatoms. The van der Waals surface area contributed by atoms with Crippen molar-refractivity contribution in [2.45, 2.75) is 13.0 Å². The van der Waals surface area contributed by atoms with Crippen molar-refractivity contribution >= 4 is 5.91 Å². The summed E-state index contributed by atoms with van der Waals surface area (Å²) in [5.74, 6) is 1.27. The Morgan fingerprint density at radius 2 is 2.05 bits per heavy atom. The van der Waals surface area contributed by atoms with Crippen molar-refractivity contribution in [2.75, 3.05) is 27.2 Å². The number of nitrogens with zero attached hydrogens (tertiary/aromatic N) is 1. The zero-order valence-electron chi connectivity index (χ0n) is 13.2. The first-order valence-electron chi connectivity index (χ1n) is 7.33. The highest BCUT2D eigenvalue weighted by Gasteiger charge is 2.19. The van der Waals surface area contributed by atoms with Gasteiger partial charge in [-0.3, -0.25) is 9.69 Å². The van der Waals surface area contributed by atoms with Gasteiger partial charge >= 0.3 is 0 Å². The van der Waals surface area contributed by atoms with Gasteiger partial charge in [0.05, 0.1) is 24.5 Å². The fraction of sp³-hybridized carbons (Fsp3) is 0.353. The number of rotatable bonds is 7. The summed E-state index contributed by atoms with van der Waals surface area (Å²) in [5.41, 5.74) is 0.543. The number of hydrogen-bond acceptors (Lipinski definition) is 4. The molecule has 0 spiro atoms. The van der Waals surface area contributed by atoms with Crippen LogP contribution in [0.2, 0.25) is 0 Å². The molecule has 1 atom stereocenters. The average molecular weight is 302 g/mol. The van der Waals surface area contributed by atoms with Gasteiger partial charge in [-0.1, -0.05) is 12.1 Å². The summed E-state index contributed by atoms with van der Waals surface area (Å²) >= 11 is 0. The molecule has 1 amide bonds. The molecule has 0 aliphatic carbocycles. The average Bonchev–Trinajstić information content (AvgIpc) is 3.02. The highest BCUT2D eigenvalue weighted by Crippen LogP contribution is 2.20. The lowest BCUT2D eigenvalue weighted by molar-refractivity contribution is 0.0935. The Kier molecular flexibility index (Phi) is 5.61. The van der Waals surface area contributed by atoms with Crippen LogP contribution in [-0.4, -0.2) is 38.1 Å². The lowest BCUT2D eigenvalue weighted by atomic mass is 10.1. The molecule has 0 saturated carbocycles. The molecule has 0 fully saturated rings. The summed E-state index contributed by atoms with van der Waals surface area (Å²) in [7, 11) is 3.90. The molecule has 0 bridgehead atoms. The molecule has 2 aromatic rings. The minimum absolute atomic E-state index is 0.0156. The van der Waals surface area contributed by atoms with Crippen molar-refractivity contribution in [3.8, 4) is 5.75 Å². The van der Waals surface area contributed by atoms with Gasteiger partial charge in [-0.25, -0.2) is 0 Å². The zero-order chi connectivity index (χ0) is 15.9. The third-order valence-corrected chi connectivity index (χ3v) is 3.38. The van der Waals surface area contributed by atoms with Crippen molar-refractivity contribution in [3.05, 3.63) is 54.0 Å². The Morgan fingerprint density at radius 1 is 1.27 bits per heavy atom. The van der Waals surface area contributed by atoms with Crippen LogP contribution in [-0.2, 0) is 0 Å². The SMILES string of the molecule is CCOc1ccccc1C(=O)NCC(c1ccco1)N(C)C. The first-order chi connectivity index (χ1) is 10.6. The Balaban J connectivity index is 2.06. The third-order valence-electron chi connectivity index (χ3n) is 3.38. The van der Waals surface area contributed by atoms with Gasteiger partial charge in [-0.2, -0.15) is 0 Å². The smallest absolute Gasteiger partial charge is 0.255 e. The normalized spacial score (nSPS) is 12.2. The maximum atomic E-state index is 12.4. The van der Waals surface area contributed by atoms with Crippen LogP contribution >= 0.6 is 0 Å². The number of furan rings is 1. The molecule has 0 radical (unpaired) electrons. The summed E-state index contributed by atoms with van der Waals surface area (Å²) in [5, 5.41) is 2.95. The predicted molar refractivity (Wildman–Crippen MR) is 85.1 cm³/mol. The molecule has 0 aliphatic rings. The topological polar surface area (TPSA) is 54.7 Å². The standard InChI is InChI=1S/C17H22N2O3/c1-4-21-15-9-6-5-8-13(15)17(20)18-12-14(19(2)3)16-10-7-11-22-16/h5-11,14H,4,12H2,1-3H3,(H,18,20). The van der Waals surface area contributed by atoms with Gasteiger partial charge < -0.3 is 14.5 Å². The molecular weight excluding hydrogens is 280 g/mol. The Bertz CT molecular complexity index is 594. The minimum atomic E-state index is -0.151. The van der Waals surface area contributed by atoms with E-state index in [1.54, 1.807) is 18.4 Å². The van der Waals surface area contributed by atoms with E-state index in [0.29, 0.717) is 24.5 Å². The second-order valence-electron chi connectivity index (χ2n) is 5.13. The fourth-order valence-corrected chi connectivity index (χ4v) is 2.24. The first kappa shape index (κ1) is 16.1. The van der Waals surface area contributed by atoms with Crippen LogP contribution in [0.15, 0.2) is 47.1 Å². The van der Waals surface area contributed by atoms with Gasteiger partial charge in [0.2, 0.25) is 0 Å². The Hall–Kier alpha value is -2.27. The van der Waals surface area contributed by atoms with Crippen LogP contribution in [0.4, 0.5) is 0 Å². The Labute approximate surface area is 130 Å². The number of para-hydroxylation sites is 1. The lowest BCUT2D eigenvalue weighted by Crippen LogP contribution is -2.34. The maximum absolute atomic E-state index is 12.4. The summed E-state index contributed by atoms with van der Waals surface area (Å²) < 4.78 is 10.9. The van der Waals surface area contributed by atoms with E-state index >= 15 is 0 Å². The van der Waals surface area contributed by atoms with Crippen molar-refractivity contribution in [1.29, 1.82) is 0 Å². The van der Waals surface area contributed by atoms with Crippen molar-refractivity contribution < 1.29 is 13.9 Å². The van der Waals surface area contributed by atoms with E-state index in [1.807, 2.05) is 50.2 Å². The minimum Gasteiger partial charge on any atom is -0.493 e. The molecule has 22 heavy (non-hydrogen) atoms. The fourth-order valence-electron chi connectivity index (χ4n) is 2.24. The van der Waals surface area contributed by atoms with E-state index < -0.39 is 0 Å². The molecule has 1 aromatic heterocycles. The van der Waals surface area contributed by atoms with E-state index in [1.165, 1.54) is 0 Å². The number of carbonyl (C=O) groups excluding carboxylic acids is 1. The molecular formula is C17H22N2O3. The van der Waals surface area contributed by atoms with Crippen molar-refractivity contribution in [1.82, 2.24) is 10.2 Å². The number of hydrogen-bond donors (Lipinski definition) is 1. The van der Waals surface area contributed by atoms with Crippen LogP contribution < -0.4 is 10.1 Å². The summed E-state index contributed by atoms with van der Waals surface area (Å²) in [6.07, 6.45) is 1.64. The zero-order valence-corrected chi connectivity index (χ0v) is 13.2. The summed E-state index contributed by atoms with van der Waals surface area (Å²) in [6.45, 7) is 2.88. The van der Waals surface area contributed by atoms with Gasteiger partial charge in [0.15, 0.2) is 0 Å². The molecule has 1 unspecified atom stereocenters. The van der Waals surface area contributed by atoms with E-state index in [-0.39, 0.29) is 11.9 Å². The number of ether oxygens (including phenoxy) is 1. The van der Waals surface area contributed by atoms with Gasteiger partial charge in [-0.15, -0.1) is 0 Å².